The normalized spacial score (nSPS) is 36.2. The molecule has 33 heavy (non-hydrogen) atoms. The van der Waals surface area contributed by atoms with Crippen LogP contribution in [-0.2, 0) is 55.6 Å². The molecule has 1 N–H and O–H groups in total. The lowest BCUT2D eigenvalue weighted by atomic mass is 9.88. The third-order valence-corrected chi connectivity index (χ3v) is 15.2. The van der Waals surface area contributed by atoms with E-state index in [-0.39, 0.29) is 25.2 Å². The zero-order valence-corrected chi connectivity index (χ0v) is 21.2. The minimum Gasteiger partial charge on any atom is -0.481 e. The summed E-state index contributed by atoms with van der Waals surface area (Å²) in [5.74, 6) is -5.04. The quantitative estimate of drug-likeness (QED) is 0.272. The number of carboxylic acids is 1. The molecule has 0 aromatic rings. The van der Waals surface area contributed by atoms with Crippen LogP contribution in [0, 0.1) is 17.8 Å². The Morgan fingerprint density at radius 3 is 1.73 bits per heavy atom. The molecule has 0 aromatic heterocycles. The van der Waals surface area contributed by atoms with Gasteiger partial charge >= 0.3 is 52.1 Å². The fourth-order valence-electron chi connectivity index (χ4n) is 4.22. The third kappa shape index (κ3) is 4.73. The Kier molecular flexibility index (Phi) is 6.95. The summed E-state index contributed by atoms with van der Waals surface area (Å²) in [6, 6.07) is 0. The highest BCUT2D eigenvalue weighted by Crippen LogP contribution is 3.00. The zero-order chi connectivity index (χ0) is 24.2. The fourth-order valence-corrected chi connectivity index (χ4v) is 14.7. The molecule has 0 saturated carbocycles. The second-order valence-corrected chi connectivity index (χ2v) is 17.0. The summed E-state index contributed by atoms with van der Waals surface area (Å²) in [5.41, 5.74) is 0. The van der Waals surface area contributed by atoms with Crippen LogP contribution in [0.1, 0.15) is 19.8 Å². The van der Waals surface area contributed by atoms with E-state index in [1.807, 2.05) is 0 Å². The van der Waals surface area contributed by atoms with Gasteiger partial charge in [0.15, 0.2) is 0 Å². The second-order valence-electron chi connectivity index (χ2n) is 8.58. The van der Waals surface area contributed by atoms with Gasteiger partial charge in [-0.05, 0) is 19.5 Å². The highest BCUT2D eigenvalue weighted by Gasteiger charge is 2.97. The molecule has 6 aliphatic rings. The monoisotopic (exact) mass is 532 g/mol. The van der Waals surface area contributed by atoms with Gasteiger partial charge in [0.1, 0.15) is 0 Å². The molecule has 6 heterocycles. The number of carbonyl (C=O) groups is 3. The van der Waals surface area contributed by atoms with Crippen LogP contribution in [0.25, 0.3) is 0 Å². The largest absolute Gasteiger partial charge is 0.481 e. The van der Waals surface area contributed by atoms with Crippen LogP contribution in [0.15, 0.2) is 0 Å². The highest BCUT2D eigenvalue weighted by molar-refractivity contribution is 7.83. The summed E-state index contributed by atoms with van der Waals surface area (Å²) in [5, 5.41) is 9.16. The molecule has 0 amide bonds. The summed E-state index contributed by atoms with van der Waals surface area (Å²) in [7, 11) is -6.30. The number of esters is 2. The lowest BCUT2D eigenvalue weighted by Gasteiger charge is -2.52. The molecule has 6 saturated heterocycles. The molecule has 13 nitrogen and oxygen atoms in total. The van der Waals surface area contributed by atoms with Gasteiger partial charge in [-0.15, -0.1) is 27.1 Å². The fraction of sp³-hybridized carbons (Fsp3) is 0.824. The van der Waals surface area contributed by atoms with E-state index in [0.29, 0.717) is 0 Å². The van der Waals surface area contributed by atoms with Crippen molar-refractivity contribution in [3.8, 4) is 0 Å². The first kappa shape index (κ1) is 25.4. The Hall–Kier alpha value is -0.740. The van der Waals surface area contributed by atoms with Crippen LogP contribution in [0.5, 0.6) is 0 Å². The van der Waals surface area contributed by atoms with E-state index >= 15 is 0 Å². The van der Waals surface area contributed by atoms with Crippen LogP contribution >= 0.6 is 23.0 Å². The average Bonchev–Trinajstić information content (AvgIpc) is 2.59. The van der Waals surface area contributed by atoms with Gasteiger partial charge in [0, 0.05) is 6.16 Å². The van der Waals surface area contributed by atoms with E-state index in [4.69, 9.17) is 31.9 Å². The van der Waals surface area contributed by atoms with E-state index in [1.54, 1.807) is 6.92 Å². The van der Waals surface area contributed by atoms with Gasteiger partial charge in [0.05, 0.1) is 45.3 Å². The van der Waals surface area contributed by atoms with Crippen LogP contribution in [0.3, 0.4) is 0 Å². The minimum absolute atomic E-state index is 0.0147. The predicted molar refractivity (Wildman–Crippen MR) is 112 cm³/mol. The van der Waals surface area contributed by atoms with Crippen molar-refractivity contribution in [2.75, 3.05) is 33.2 Å². The molecule has 6 rings (SSSR count). The van der Waals surface area contributed by atoms with E-state index in [2.05, 4.69) is 4.74 Å². The maximum Gasteiger partial charge on any atom is 0.479 e. The van der Waals surface area contributed by atoms with E-state index in [9.17, 15) is 24.1 Å². The lowest BCUT2D eigenvalue weighted by Crippen LogP contribution is -2.59. The molecule has 0 aliphatic carbocycles. The van der Waals surface area contributed by atoms with Crippen LogP contribution < -0.4 is 0 Å². The molecular formula is C17H27O13P3+2. The number of ether oxygens (including phenoxy) is 2. The van der Waals surface area contributed by atoms with Crippen molar-refractivity contribution < 1.29 is 60.7 Å². The van der Waals surface area contributed by atoms with Crippen molar-refractivity contribution in [1.29, 1.82) is 0 Å². The van der Waals surface area contributed by atoms with Crippen molar-refractivity contribution in [3.63, 3.8) is 0 Å². The topological polar surface area (TPSA) is 162 Å². The van der Waals surface area contributed by atoms with Crippen molar-refractivity contribution in [2.45, 2.75) is 38.1 Å². The maximum atomic E-state index is 13.6. The van der Waals surface area contributed by atoms with Crippen molar-refractivity contribution in [2.24, 2.45) is 17.8 Å². The smallest absolute Gasteiger partial charge is 0.479 e. The molecule has 0 aromatic carbocycles. The van der Waals surface area contributed by atoms with E-state index in [1.165, 1.54) is 20.9 Å². The van der Waals surface area contributed by atoms with Gasteiger partial charge in [0.25, 0.3) is 0 Å². The SMILES string of the molecule is COC(=O)C(C)CC(CC(CP(C)(=O)CC([P+]12OC(O1)O2)[P+]12OC(O1)O2)C(=O)O)C(=O)OC. The third-order valence-electron chi connectivity index (χ3n) is 5.98. The minimum atomic E-state index is -3.16. The van der Waals surface area contributed by atoms with E-state index in [0.717, 1.165) is 0 Å². The van der Waals surface area contributed by atoms with Crippen LogP contribution in [0.4, 0.5) is 0 Å². The summed E-state index contributed by atoms with van der Waals surface area (Å²) >= 11 is 0. The number of hydrogen-bond donors (Lipinski definition) is 1. The maximum absolute atomic E-state index is 13.6. The van der Waals surface area contributed by atoms with Gasteiger partial charge in [-0.3, -0.25) is 14.4 Å². The standard InChI is InChI=1S/C17H26O13P3/c1-9(14(20)23-2)5-10(15(21)24-3)6-11(13(18)19)7-31(4,22)8-12(32-25-16(26-32)27-32)33-28-17(29-33)30-33/h9-12,16-17H,5-8H2,1-4H3/q+1/p+1. The van der Waals surface area contributed by atoms with Crippen molar-refractivity contribution in [1.82, 2.24) is 0 Å². The first-order valence-corrected chi connectivity index (χ1v) is 16.0. The van der Waals surface area contributed by atoms with Crippen molar-refractivity contribution in [3.05, 3.63) is 0 Å². The van der Waals surface area contributed by atoms with Gasteiger partial charge in [0.2, 0.25) is 0 Å². The Morgan fingerprint density at radius 2 is 1.36 bits per heavy atom. The van der Waals surface area contributed by atoms with Crippen LogP contribution in [0.2, 0.25) is 0 Å². The molecular weight excluding hydrogens is 505 g/mol. The summed E-state index contributed by atoms with van der Waals surface area (Å²) < 4.78 is 56.2. The lowest BCUT2D eigenvalue weighted by molar-refractivity contribution is -0.346. The molecule has 16 heteroatoms. The molecule has 4 bridgehead atoms. The number of methoxy groups -OCH3 is 2. The van der Waals surface area contributed by atoms with Gasteiger partial charge < -0.3 is 19.1 Å². The summed E-state index contributed by atoms with van der Waals surface area (Å²) in [6.07, 6.45) is -0.328. The van der Waals surface area contributed by atoms with Gasteiger partial charge in [-0.1, -0.05) is 6.92 Å². The number of carboxylic acid groups (broad SMARTS) is 1. The molecule has 0 radical (unpaired) electrons. The Morgan fingerprint density at radius 1 is 0.879 bits per heavy atom. The zero-order valence-electron chi connectivity index (χ0n) is 18.5. The van der Waals surface area contributed by atoms with Crippen molar-refractivity contribution >= 4 is 40.9 Å². The Balaban J connectivity index is 1.44. The first-order chi connectivity index (χ1) is 15.4. The Labute approximate surface area is 191 Å². The molecule has 6 fully saturated rings. The number of hydrogen-bond acceptors (Lipinski definition) is 12. The van der Waals surface area contributed by atoms with Gasteiger partial charge in [-0.25, -0.2) is 0 Å². The van der Waals surface area contributed by atoms with Crippen LogP contribution in [-0.4, -0.2) is 74.6 Å². The molecule has 6 aliphatic heterocycles. The predicted octanol–water partition coefficient (Wildman–Crippen LogP) is 2.63. The second kappa shape index (κ2) is 9.04. The summed E-state index contributed by atoms with van der Waals surface area (Å²) in [6.45, 7) is 1.58. The first-order valence-electron chi connectivity index (χ1n) is 10.2. The summed E-state index contributed by atoms with van der Waals surface area (Å²) in [4.78, 5) is 36.1. The van der Waals surface area contributed by atoms with E-state index < -0.39 is 77.0 Å². The molecule has 4 unspecified atom stereocenters. The average molecular weight is 532 g/mol. The highest BCUT2D eigenvalue weighted by atomic mass is 31.3. The number of rotatable bonds is 13. The number of aliphatic carboxylic acids is 1. The van der Waals surface area contributed by atoms with Gasteiger partial charge in [-0.2, -0.15) is 0 Å². The molecule has 0 spiro atoms. The molecule has 186 valence electrons. The molecule has 4 atom stereocenters. The number of carbonyl (C=O) groups excluding carboxylic acids is 2. The Bertz CT molecular complexity index is 820.